The van der Waals surface area contributed by atoms with Gasteiger partial charge in [0.15, 0.2) is 11.5 Å². The molecule has 1 aliphatic heterocycles. The van der Waals surface area contributed by atoms with Crippen LogP contribution in [-0.2, 0) is 0 Å². The minimum Gasteiger partial charge on any atom is -0.454 e. The summed E-state index contributed by atoms with van der Waals surface area (Å²) in [5.74, 6) is 0.940. The summed E-state index contributed by atoms with van der Waals surface area (Å²) < 4.78 is 10.4. The molecule has 0 saturated carbocycles. The number of aromatic nitrogens is 2. The molecule has 2 aromatic rings. The fourth-order valence-electron chi connectivity index (χ4n) is 1.63. The monoisotopic (exact) mass is 270 g/mol. The second kappa shape index (κ2) is 5.35. The summed E-state index contributed by atoms with van der Waals surface area (Å²) in [4.78, 5) is 19.3. The normalized spacial score (nSPS) is 12.6. The zero-order chi connectivity index (χ0) is 13.8. The highest BCUT2D eigenvalue weighted by Crippen LogP contribution is 2.31. The third-order valence-electron chi connectivity index (χ3n) is 2.57. The number of benzene rings is 1. The summed E-state index contributed by atoms with van der Waals surface area (Å²) in [6.45, 7) is 0.222. The lowest BCUT2D eigenvalue weighted by atomic mass is 10.2. The van der Waals surface area contributed by atoms with Crippen molar-refractivity contribution in [2.24, 2.45) is 5.10 Å². The van der Waals surface area contributed by atoms with Gasteiger partial charge in [0.05, 0.1) is 12.4 Å². The number of nitrogens with zero attached hydrogens (tertiary/aromatic N) is 3. The number of carbonyl (C=O) groups is 1. The average molecular weight is 270 g/mol. The highest BCUT2D eigenvalue weighted by atomic mass is 16.7. The Labute approximate surface area is 114 Å². The molecule has 7 heteroatoms. The summed E-state index contributed by atoms with van der Waals surface area (Å²) in [7, 11) is 0. The van der Waals surface area contributed by atoms with Gasteiger partial charge in [-0.05, 0) is 23.8 Å². The van der Waals surface area contributed by atoms with Crippen LogP contribution in [0.1, 0.15) is 16.1 Å². The van der Waals surface area contributed by atoms with E-state index in [2.05, 4.69) is 20.5 Å². The van der Waals surface area contributed by atoms with E-state index < -0.39 is 5.91 Å². The van der Waals surface area contributed by atoms with Crippen molar-refractivity contribution in [3.8, 4) is 11.5 Å². The summed E-state index contributed by atoms with van der Waals surface area (Å²) in [5, 5.41) is 3.85. The number of carbonyl (C=O) groups excluding carboxylic acids is 1. The van der Waals surface area contributed by atoms with Gasteiger partial charge >= 0.3 is 0 Å². The van der Waals surface area contributed by atoms with Gasteiger partial charge in [-0.15, -0.1) is 0 Å². The molecule has 0 radical (unpaired) electrons. The minimum absolute atomic E-state index is 0.204. The van der Waals surface area contributed by atoms with Crippen LogP contribution in [0.2, 0.25) is 0 Å². The molecule has 1 aromatic heterocycles. The lowest BCUT2D eigenvalue weighted by molar-refractivity contribution is 0.0949. The first kappa shape index (κ1) is 12.1. The Hall–Kier alpha value is -2.96. The molecule has 3 rings (SSSR count). The van der Waals surface area contributed by atoms with E-state index in [0.717, 1.165) is 5.56 Å². The van der Waals surface area contributed by atoms with E-state index in [1.807, 2.05) is 6.07 Å². The number of rotatable bonds is 3. The molecule has 0 spiro atoms. The van der Waals surface area contributed by atoms with Crippen molar-refractivity contribution in [1.82, 2.24) is 15.4 Å². The standard InChI is InChI=1S/C13H10N4O3/c18-13(10-7-14-3-4-15-10)17-16-6-9-1-2-11-12(5-9)20-8-19-11/h1-7H,8H2,(H,17,18)/b16-6+. The maximum absolute atomic E-state index is 11.7. The SMILES string of the molecule is O=C(N/N=C/c1ccc2c(c1)OCO2)c1cnccn1. The maximum Gasteiger partial charge on any atom is 0.291 e. The Bertz CT molecular complexity index is 658. The van der Waals surface area contributed by atoms with Crippen LogP contribution < -0.4 is 14.9 Å². The van der Waals surface area contributed by atoms with Crippen LogP contribution in [0.25, 0.3) is 0 Å². The van der Waals surface area contributed by atoms with Crippen molar-refractivity contribution in [3.63, 3.8) is 0 Å². The summed E-state index contributed by atoms with van der Waals surface area (Å²) in [5.41, 5.74) is 3.36. The van der Waals surface area contributed by atoms with Crippen molar-refractivity contribution >= 4 is 12.1 Å². The van der Waals surface area contributed by atoms with Gasteiger partial charge < -0.3 is 9.47 Å². The van der Waals surface area contributed by atoms with Crippen LogP contribution in [0.5, 0.6) is 11.5 Å². The predicted molar refractivity (Wildman–Crippen MR) is 69.7 cm³/mol. The molecule has 1 aliphatic rings. The number of nitrogens with one attached hydrogen (secondary N) is 1. The average Bonchev–Trinajstić information content (AvgIpc) is 2.95. The van der Waals surface area contributed by atoms with Crippen molar-refractivity contribution in [3.05, 3.63) is 48.0 Å². The van der Waals surface area contributed by atoms with Crippen molar-refractivity contribution < 1.29 is 14.3 Å². The number of amides is 1. The second-order valence-corrected chi connectivity index (χ2v) is 3.90. The van der Waals surface area contributed by atoms with E-state index in [1.54, 1.807) is 12.1 Å². The van der Waals surface area contributed by atoms with Crippen molar-refractivity contribution in [2.75, 3.05) is 6.79 Å². The van der Waals surface area contributed by atoms with Gasteiger partial charge in [-0.1, -0.05) is 0 Å². The van der Waals surface area contributed by atoms with Crippen molar-refractivity contribution in [1.29, 1.82) is 0 Å². The van der Waals surface area contributed by atoms with E-state index in [4.69, 9.17) is 9.47 Å². The fraction of sp³-hybridized carbons (Fsp3) is 0.0769. The van der Waals surface area contributed by atoms with Gasteiger partial charge in [-0.25, -0.2) is 10.4 Å². The first-order valence-electron chi connectivity index (χ1n) is 5.82. The molecule has 0 unspecified atom stereocenters. The molecule has 1 aromatic carbocycles. The Morgan fingerprint density at radius 3 is 3.05 bits per heavy atom. The Kier molecular flexibility index (Phi) is 3.24. The minimum atomic E-state index is -0.421. The van der Waals surface area contributed by atoms with Crippen LogP contribution >= 0.6 is 0 Å². The molecular weight excluding hydrogens is 260 g/mol. The second-order valence-electron chi connectivity index (χ2n) is 3.90. The molecule has 0 atom stereocenters. The van der Waals surface area contributed by atoms with E-state index in [9.17, 15) is 4.79 Å². The predicted octanol–water partition coefficient (Wildman–Crippen LogP) is 0.969. The molecule has 1 amide bonds. The van der Waals surface area contributed by atoms with Gasteiger partial charge in [0.1, 0.15) is 5.69 Å². The van der Waals surface area contributed by atoms with E-state index in [0.29, 0.717) is 11.5 Å². The third kappa shape index (κ3) is 2.56. The lowest BCUT2D eigenvalue weighted by Crippen LogP contribution is -2.19. The third-order valence-corrected chi connectivity index (χ3v) is 2.57. The van der Waals surface area contributed by atoms with Gasteiger partial charge in [-0.2, -0.15) is 5.10 Å². The molecule has 0 aliphatic carbocycles. The number of hydrogen-bond acceptors (Lipinski definition) is 6. The number of ether oxygens (including phenoxy) is 2. The molecular formula is C13H10N4O3. The smallest absolute Gasteiger partial charge is 0.291 e. The van der Waals surface area contributed by atoms with E-state index in [1.165, 1.54) is 24.8 Å². The molecule has 2 heterocycles. The highest BCUT2D eigenvalue weighted by molar-refractivity contribution is 5.92. The van der Waals surface area contributed by atoms with Gasteiger partial charge in [-0.3, -0.25) is 9.78 Å². The molecule has 100 valence electrons. The van der Waals surface area contributed by atoms with Crippen LogP contribution in [0.15, 0.2) is 41.9 Å². The van der Waals surface area contributed by atoms with Crippen LogP contribution in [0.4, 0.5) is 0 Å². The summed E-state index contributed by atoms with van der Waals surface area (Å²) in [6.07, 6.45) is 5.81. The summed E-state index contributed by atoms with van der Waals surface area (Å²) >= 11 is 0. The first-order chi connectivity index (χ1) is 9.83. The number of hydrazone groups is 1. The molecule has 1 N–H and O–H groups in total. The Morgan fingerprint density at radius 1 is 1.30 bits per heavy atom. The first-order valence-corrected chi connectivity index (χ1v) is 5.82. The van der Waals surface area contributed by atoms with Crippen LogP contribution in [0, 0.1) is 0 Å². The molecule has 7 nitrogen and oxygen atoms in total. The zero-order valence-corrected chi connectivity index (χ0v) is 10.3. The van der Waals surface area contributed by atoms with Crippen molar-refractivity contribution in [2.45, 2.75) is 0 Å². The van der Waals surface area contributed by atoms with Crippen LogP contribution in [-0.4, -0.2) is 28.9 Å². The lowest BCUT2D eigenvalue weighted by Gasteiger charge is -1.99. The quantitative estimate of drug-likeness (QED) is 0.663. The van der Waals surface area contributed by atoms with E-state index >= 15 is 0 Å². The van der Waals surface area contributed by atoms with Gasteiger partial charge in [0.2, 0.25) is 6.79 Å². The van der Waals surface area contributed by atoms with E-state index in [-0.39, 0.29) is 12.5 Å². The number of hydrogen-bond donors (Lipinski definition) is 1. The molecule has 0 fully saturated rings. The Balaban J connectivity index is 1.65. The van der Waals surface area contributed by atoms with Gasteiger partial charge in [0.25, 0.3) is 5.91 Å². The maximum atomic E-state index is 11.7. The number of fused-ring (bicyclic) bond motifs is 1. The van der Waals surface area contributed by atoms with Crippen LogP contribution in [0.3, 0.4) is 0 Å². The molecule has 20 heavy (non-hydrogen) atoms. The fourth-order valence-corrected chi connectivity index (χ4v) is 1.63. The van der Waals surface area contributed by atoms with Gasteiger partial charge in [0, 0.05) is 12.4 Å². The molecule has 0 bridgehead atoms. The zero-order valence-electron chi connectivity index (χ0n) is 10.3. The topological polar surface area (TPSA) is 85.7 Å². The Morgan fingerprint density at radius 2 is 2.20 bits per heavy atom. The summed E-state index contributed by atoms with van der Waals surface area (Å²) in [6, 6.07) is 5.37. The highest BCUT2D eigenvalue weighted by Gasteiger charge is 2.12. The molecule has 0 saturated heterocycles. The largest absolute Gasteiger partial charge is 0.454 e.